The topological polar surface area (TPSA) is 62.1 Å². The first-order valence-corrected chi connectivity index (χ1v) is 12.4. The minimum atomic E-state index is -0.0194. The van der Waals surface area contributed by atoms with Crippen LogP contribution in [0.15, 0.2) is 59.1 Å². The lowest BCUT2D eigenvalue weighted by molar-refractivity contribution is 0.0735. The molecule has 7 nitrogen and oxygen atoms in total. The van der Waals surface area contributed by atoms with Crippen LogP contribution in [0.1, 0.15) is 36.2 Å². The van der Waals surface area contributed by atoms with Gasteiger partial charge in [-0.05, 0) is 37.6 Å². The fourth-order valence-electron chi connectivity index (χ4n) is 4.32. The summed E-state index contributed by atoms with van der Waals surface area (Å²) in [7, 11) is 3.75. The molecule has 2 heterocycles. The molecule has 35 heavy (non-hydrogen) atoms. The molecule has 3 aromatic rings. The van der Waals surface area contributed by atoms with Crippen molar-refractivity contribution in [1.82, 2.24) is 15.0 Å². The van der Waals surface area contributed by atoms with Gasteiger partial charge in [0.25, 0.3) is 5.91 Å². The van der Waals surface area contributed by atoms with Crippen molar-refractivity contribution < 1.29 is 14.1 Å². The maximum absolute atomic E-state index is 13.7. The quantitative estimate of drug-likeness (QED) is 0.443. The van der Waals surface area contributed by atoms with Crippen LogP contribution in [0.4, 0.5) is 5.88 Å². The summed E-state index contributed by atoms with van der Waals surface area (Å²) in [6, 6.07) is 17.4. The highest BCUT2D eigenvalue weighted by Gasteiger charge is 2.28. The monoisotopic (exact) mass is 476 g/mol. The molecule has 0 aliphatic carbocycles. The minimum absolute atomic E-state index is 0.0194. The van der Waals surface area contributed by atoms with Crippen LogP contribution in [0, 0.1) is 5.92 Å². The third-order valence-electron chi connectivity index (χ3n) is 6.53. The number of rotatable bonds is 9. The fraction of sp³-hybridized carbons (Fsp3) is 0.429. The summed E-state index contributed by atoms with van der Waals surface area (Å²) in [5.41, 5.74) is 3.37. The van der Waals surface area contributed by atoms with Crippen LogP contribution < -0.4 is 9.64 Å². The van der Waals surface area contributed by atoms with Crippen LogP contribution in [0.2, 0.25) is 0 Å². The summed E-state index contributed by atoms with van der Waals surface area (Å²) < 4.78 is 11.3. The summed E-state index contributed by atoms with van der Waals surface area (Å²) in [5, 5.41) is 4.50. The van der Waals surface area contributed by atoms with Gasteiger partial charge in [-0.3, -0.25) is 4.79 Å². The zero-order valence-corrected chi connectivity index (χ0v) is 21.2. The molecule has 0 radical (unpaired) electrons. The summed E-state index contributed by atoms with van der Waals surface area (Å²) in [6.07, 6.45) is 0.908. The number of benzene rings is 2. The first-order valence-electron chi connectivity index (χ1n) is 12.4. The lowest BCUT2D eigenvalue weighted by Gasteiger charge is -2.33. The highest BCUT2D eigenvalue weighted by atomic mass is 16.5. The molecule has 0 atom stereocenters. The zero-order valence-electron chi connectivity index (χ0n) is 21.2. The second-order valence-electron chi connectivity index (χ2n) is 9.61. The SMILES string of the molecule is COc1cccc(C(=O)N(CCC(C)C)Cc2c(-c3ccccc3)noc2N2CCN(C)CC2)c1. The number of hydrogen-bond acceptors (Lipinski definition) is 6. The predicted octanol–water partition coefficient (Wildman–Crippen LogP) is 4.79. The summed E-state index contributed by atoms with van der Waals surface area (Å²) in [6.45, 7) is 9.08. The van der Waals surface area contributed by atoms with Gasteiger partial charge in [0.1, 0.15) is 11.4 Å². The van der Waals surface area contributed by atoms with Gasteiger partial charge >= 0.3 is 0 Å². The molecule has 0 unspecified atom stereocenters. The molecular formula is C28H36N4O3. The summed E-state index contributed by atoms with van der Waals surface area (Å²) >= 11 is 0. The Hall–Kier alpha value is -3.32. The van der Waals surface area contributed by atoms with Crippen molar-refractivity contribution in [3.8, 4) is 17.0 Å². The largest absolute Gasteiger partial charge is 0.497 e. The number of piperazine rings is 1. The van der Waals surface area contributed by atoms with E-state index in [2.05, 4.69) is 35.9 Å². The summed E-state index contributed by atoms with van der Waals surface area (Å²) in [4.78, 5) is 20.2. The second kappa shape index (κ2) is 11.4. The van der Waals surface area contributed by atoms with Gasteiger partial charge in [-0.1, -0.05) is 55.4 Å². The molecule has 1 aliphatic heterocycles. The number of ether oxygens (including phenoxy) is 1. The Kier molecular flexibility index (Phi) is 8.08. The first kappa shape index (κ1) is 24.8. The number of likely N-dealkylation sites (N-methyl/N-ethyl adjacent to an activating group) is 1. The van der Waals surface area contributed by atoms with E-state index in [1.54, 1.807) is 13.2 Å². The average Bonchev–Trinajstić information content (AvgIpc) is 3.30. The highest BCUT2D eigenvalue weighted by molar-refractivity contribution is 5.94. The molecule has 0 saturated carbocycles. The maximum atomic E-state index is 13.7. The van der Waals surface area contributed by atoms with E-state index in [1.807, 2.05) is 53.4 Å². The number of anilines is 1. The van der Waals surface area contributed by atoms with Gasteiger partial charge in [-0.2, -0.15) is 0 Å². The molecule has 4 rings (SSSR count). The molecule has 0 N–H and O–H groups in total. The molecule has 0 spiro atoms. The van der Waals surface area contributed by atoms with Crippen molar-refractivity contribution in [2.45, 2.75) is 26.8 Å². The Morgan fingerprint density at radius 3 is 2.51 bits per heavy atom. The molecule has 1 fully saturated rings. The average molecular weight is 477 g/mol. The number of methoxy groups -OCH3 is 1. The molecule has 2 aromatic carbocycles. The smallest absolute Gasteiger partial charge is 0.254 e. The van der Waals surface area contributed by atoms with Crippen LogP contribution >= 0.6 is 0 Å². The van der Waals surface area contributed by atoms with Gasteiger partial charge in [0.2, 0.25) is 5.88 Å². The Morgan fingerprint density at radius 2 is 1.83 bits per heavy atom. The summed E-state index contributed by atoms with van der Waals surface area (Å²) in [5.74, 6) is 1.90. The molecule has 1 amide bonds. The lowest BCUT2D eigenvalue weighted by atomic mass is 10.0. The zero-order chi connectivity index (χ0) is 24.8. The van der Waals surface area contributed by atoms with Crippen molar-refractivity contribution in [3.05, 3.63) is 65.7 Å². The van der Waals surface area contributed by atoms with E-state index < -0.39 is 0 Å². The number of hydrogen-bond donors (Lipinski definition) is 0. The Labute approximate surface area is 208 Å². The van der Waals surface area contributed by atoms with E-state index in [0.717, 1.165) is 55.3 Å². The third kappa shape index (κ3) is 6.03. The number of nitrogens with zero attached hydrogens (tertiary/aromatic N) is 4. The predicted molar refractivity (Wildman–Crippen MR) is 139 cm³/mol. The van der Waals surface area contributed by atoms with E-state index in [0.29, 0.717) is 30.3 Å². The van der Waals surface area contributed by atoms with Crippen LogP contribution in [0.25, 0.3) is 11.3 Å². The maximum Gasteiger partial charge on any atom is 0.254 e. The Balaban J connectivity index is 1.71. The standard InChI is InChI=1S/C28H36N4O3/c1-21(2)13-14-32(27(33)23-11-8-12-24(19-23)34-4)20-25-26(22-9-6-5-7-10-22)29-35-28(25)31-17-15-30(3)16-18-31/h5-12,19,21H,13-18,20H2,1-4H3. The van der Waals surface area contributed by atoms with E-state index in [1.165, 1.54) is 0 Å². The Morgan fingerprint density at radius 1 is 1.09 bits per heavy atom. The van der Waals surface area contributed by atoms with Gasteiger partial charge in [0.15, 0.2) is 0 Å². The highest BCUT2D eigenvalue weighted by Crippen LogP contribution is 2.33. The number of aromatic nitrogens is 1. The van der Waals surface area contributed by atoms with Crippen molar-refractivity contribution >= 4 is 11.8 Å². The minimum Gasteiger partial charge on any atom is -0.497 e. The van der Waals surface area contributed by atoms with Gasteiger partial charge in [-0.25, -0.2) is 0 Å². The first-order chi connectivity index (χ1) is 17.0. The molecule has 0 bridgehead atoms. The van der Waals surface area contributed by atoms with Crippen LogP contribution in [-0.4, -0.2) is 67.7 Å². The van der Waals surface area contributed by atoms with Crippen LogP contribution in [0.5, 0.6) is 5.75 Å². The normalized spacial score (nSPS) is 14.4. The molecule has 1 saturated heterocycles. The van der Waals surface area contributed by atoms with Gasteiger partial charge in [0.05, 0.1) is 19.2 Å². The van der Waals surface area contributed by atoms with Crippen LogP contribution in [-0.2, 0) is 6.54 Å². The third-order valence-corrected chi connectivity index (χ3v) is 6.53. The number of amides is 1. The number of carbonyl (C=O) groups excluding carboxylic acids is 1. The molecular weight excluding hydrogens is 440 g/mol. The number of carbonyl (C=O) groups is 1. The van der Waals surface area contributed by atoms with Crippen molar-refractivity contribution in [2.24, 2.45) is 5.92 Å². The van der Waals surface area contributed by atoms with E-state index in [4.69, 9.17) is 9.26 Å². The van der Waals surface area contributed by atoms with Crippen molar-refractivity contribution in [3.63, 3.8) is 0 Å². The van der Waals surface area contributed by atoms with Crippen LogP contribution in [0.3, 0.4) is 0 Å². The molecule has 1 aliphatic rings. The molecule has 1 aromatic heterocycles. The van der Waals surface area contributed by atoms with Crippen molar-refractivity contribution in [2.75, 3.05) is 51.8 Å². The van der Waals surface area contributed by atoms with Gasteiger partial charge in [0, 0.05) is 43.9 Å². The van der Waals surface area contributed by atoms with Gasteiger partial charge in [-0.15, -0.1) is 0 Å². The molecule has 7 heteroatoms. The Bertz CT molecular complexity index is 1100. The lowest BCUT2D eigenvalue weighted by Crippen LogP contribution is -2.45. The van der Waals surface area contributed by atoms with E-state index in [-0.39, 0.29) is 5.91 Å². The van der Waals surface area contributed by atoms with Gasteiger partial charge < -0.3 is 24.0 Å². The van der Waals surface area contributed by atoms with E-state index in [9.17, 15) is 4.79 Å². The molecule has 186 valence electrons. The van der Waals surface area contributed by atoms with E-state index >= 15 is 0 Å². The second-order valence-corrected chi connectivity index (χ2v) is 9.61. The fourth-order valence-corrected chi connectivity index (χ4v) is 4.32. The van der Waals surface area contributed by atoms with Crippen molar-refractivity contribution in [1.29, 1.82) is 0 Å².